The van der Waals surface area contributed by atoms with Gasteiger partial charge in [0.15, 0.2) is 0 Å². The molecule has 0 aromatic heterocycles. The molecule has 1 aromatic carbocycles. The molecule has 0 spiro atoms. The molecule has 0 amide bonds. The van der Waals surface area contributed by atoms with Gasteiger partial charge in [-0.2, -0.15) is 10.2 Å². The Balaban J connectivity index is 2.59. The highest BCUT2D eigenvalue weighted by Crippen LogP contribution is 2.14. The maximum Gasteiger partial charge on any atom is 0.348 e. The SMILES string of the molecule is CCOC(=O)C(Cl)N=Nc1ccc(F)cc1. The van der Waals surface area contributed by atoms with E-state index >= 15 is 0 Å². The van der Waals surface area contributed by atoms with Gasteiger partial charge in [-0.1, -0.05) is 11.6 Å². The van der Waals surface area contributed by atoms with E-state index in [0.29, 0.717) is 5.69 Å². The van der Waals surface area contributed by atoms with Crippen molar-refractivity contribution in [2.45, 2.75) is 12.4 Å². The second-order valence-electron chi connectivity index (χ2n) is 2.78. The van der Waals surface area contributed by atoms with Gasteiger partial charge in [-0.15, -0.1) is 0 Å². The molecule has 1 rings (SSSR count). The van der Waals surface area contributed by atoms with E-state index in [1.54, 1.807) is 6.92 Å². The number of carbonyl (C=O) groups excluding carboxylic acids is 1. The first-order chi connectivity index (χ1) is 7.63. The molecule has 0 aliphatic heterocycles. The number of benzene rings is 1. The summed E-state index contributed by atoms with van der Waals surface area (Å²) in [5.74, 6) is -1.03. The molecule has 0 N–H and O–H groups in total. The molecule has 1 unspecified atom stereocenters. The van der Waals surface area contributed by atoms with E-state index in [-0.39, 0.29) is 12.4 Å². The molecule has 0 saturated carbocycles. The van der Waals surface area contributed by atoms with Crippen molar-refractivity contribution in [3.05, 3.63) is 30.1 Å². The van der Waals surface area contributed by atoms with Gasteiger partial charge < -0.3 is 4.74 Å². The van der Waals surface area contributed by atoms with E-state index in [9.17, 15) is 9.18 Å². The molecule has 1 aromatic rings. The third-order valence-corrected chi connectivity index (χ3v) is 1.85. The maximum atomic E-state index is 12.5. The molecule has 86 valence electrons. The lowest BCUT2D eigenvalue weighted by molar-refractivity contribution is -0.142. The number of azo groups is 1. The third kappa shape index (κ3) is 3.94. The first-order valence-corrected chi connectivity index (χ1v) is 5.04. The molecular weight excluding hydrogens is 235 g/mol. The Morgan fingerprint density at radius 2 is 2.12 bits per heavy atom. The van der Waals surface area contributed by atoms with Crippen LogP contribution in [0.4, 0.5) is 10.1 Å². The lowest BCUT2D eigenvalue weighted by atomic mass is 10.3. The van der Waals surface area contributed by atoms with Gasteiger partial charge in [0, 0.05) is 0 Å². The Kier molecular flexibility index (Phi) is 4.85. The Morgan fingerprint density at radius 1 is 1.50 bits per heavy atom. The van der Waals surface area contributed by atoms with E-state index in [0.717, 1.165) is 0 Å². The van der Waals surface area contributed by atoms with Crippen LogP contribution in [-0.4, -0.2) is 18.1 Å². The summed E-state index contributed by atoms with van der Waals surface area (Å²) in [6.45, 7) is 1.90. The number of halogens is 2. The number of hydrogen-bond donors (Lipinski definition) is 0. The predicted octanol–water partition coefficient (Wildman–Crippen LogP) is 3.04. The smallest absolute Gasteiger partial charge is 0.348 e. The minimum Gasteiger partial charge on any atom is -0.463 e. The van der Waals surface area contributed by atoms with Crippen molar-refractivity contribution in [3.63, 3.8) is 0 Å². The summed E-state index contributed by atoms with van der Waals surface area (Å²) in [6.07, 6.45) is 0. The summed E-state index contributed by atoms with van der Waals surface area (Å²) in [7, 11) is 0. The molecule has 6 heteroatoms. The van der Waals surface area contributed by atoms with Crippen LogP contribution in [0.25, 0.3) is 0 Å². The lowest BCUT2D eigenvalue weighted by Gasteiger charge is -2.01. The highest BCUT2D eigenvalue weighted by Gasteiger charge is 2.14. The second-order valence-corrected chi connectivity index (χ2v) is 3.19. The average molecular weight is 245 g/mol. The Morgan fingerprint density at radius 3 is 2.69 bits per heavy atom. The summed E-state index contributed by atoms with van der Waals surface area (Å²) >= 11 is 5.58. The van der Waals surface area contributed by atoms with Gasteiger partial charge in [0.05, 0.1) is 12.3 Å². The summed E-state index contributed by atoms with van der Waals surface area (Å²) in [5, 5.41) is 7.21. The van der Waals surface area contributed by atoms with Gasteiger partial charge >= 0.3 is 5.97 Å². The van der Waals surface area contributed by atoms with Crippen LogP contribution in [0, 0.1) is 5.82 Å². The number of alkyl halides is 1. The highest BCUT2D eigenvalue weighted by atomic mass is 35.5. The highest BCUT2D eigenvalue weighted by molar-refractivity contribution is 6.29. The van der Waals surface area contributed by atoms with Crippen molar-refractivity contribution in [3.8, 4) is 0 Å². The molecule has 1 atom stereocenters. The van der Waals surface area contributed by atoms with Crippen LogP contribution in [0.15, 0.2) is 34.5 Å². The molecule has 0 radical (unpaired) electrons. The van der Waals surface area contributed by atoms with Crippen LogP contribution >= 0.6 is 11.6 Å². The Hall–Kier alpha value is -1.49. The number of hydrogen-bond acceptors (Lipinski definition) is 4. The van der Waals surface area contributed by atoms with E-state index in [4.69, 9.17) is 11.6 Å². The first-order valence-electron chi connectivity index (χ1n) is 4.60. The van der Waals surface area contributed by atoms with Gasteiger partial charge in [0.1, 0.15) is 5.82 Å². The number of esters is 1. The van der Waals surface area contributed by atoms with Crippen LogP contribution in [0.3, 0.4) is 0 Å². The summed E-state index contributed by atoms with van der Waals surface area (Å²) in [6, 6.07) is 5.32. The van der Waals surface area contributed by atoms with E-state index < -0.39 is 11.5 Å². The molecule has 16 heavy (non-hydrogen) atoms. The van der Waals surface area contributed by atoms with Gasteiger partial charge in [-0.05, 0) is 31.2 Å². The predicted molar refractivity (Wildman–Crippen MR) is 57.2 cm³/mol. The minimum absolute atomic E-state index is 0.230. The topological polar surface area (TPSA) is 51.0 Å². The summed E-state index contributed by atoms with van der Waals surface area (Å²) in [5.41, 5.74) is -0.763. The molecule has 0 fully saturated rings. The number of ether oxygens (including phenoxy) is 1. The van der Waals surface area contributed by atoms with E-state index in [1.165, 1.54) is 24.3 Å². The normalized spacial score (nSPS) is 12.7. The average Bonchev–Trinajstić information content (AvgIpc) is 2.28. The molecule has 0 saturated heterocycles. The second kappa shape index (κ2) is 6.17. The largest absolute Gasteiger partial charge is 0.463 e. The lowest BCUT2D eigenvalue weighted by Crippen LogP contribution is -2.14. The van der Waals surface area contributed by atoms with Crippen molar-refractivity contribution in [2.24, 2.45) is 10.2 Å². The Labute approximate surface area is 97.1 Å². The van der Waals surface area contributed by atoms with E-state index in [1.807, 2.05) is 0 Å². The molecule has 4 nitrogen and oxygen atoms in total. The zero-order valence-electron chi connectivity index (χ0n) is 8.56. The van der Waals surface area contributed by atoms with Crippen LogP contribution in [-0.2, 0) is 9.53 Å². The molecule has 0 bridgehead atoms. The molecule has 0 heterocycles. The fourth-order valence-electron chi connectivity index (χ4n) is 0.883. The van der Waals surface area contributed by atoms with Gasteiger partial charge in [-0.3, -0.25) is 0 Å². The fourth-order valence-corrected chi connectivity index (χ4v) is 0.990. The zero-order chi connectivity index (χ0) is 12.0. The third-order valence-electron chi connectivity index (χ3n) is 1.58. The fraction of sp³-hybridized carbons (Fsp3) is 0.300. The first kappa shape index (κ1) is 12.6. The zero-order valence-corrected chi connectivity index (χ0v) is 9.32. The Bertz CT molecular complexity index is 381. The van der Waals surface area contributed by atoms with Gasteiger partial charge in [-0.25, -0.2) is 9.18 Å². The van der Waals surface area contributed by atoms with E-state index in [2.05, 4.69) is 15.0 Å². The molecular formula is C10H10ClFN2O2. The summed E-state index contributed by atoms with van der Waals surface area (Å²) in [4.78, 5) is 11.1. The monoisotopic (exact) mass is 244 g/mol. The van der Waals surface area contributed by atoms with Gasteiger partial charge in [0.25, 0.3) is 0 Å². The van der Waals surface area contributed by atoms with Crippen molar-refractivity contribution < 1.29 is 13.9 Å². The summed E-state index contributed by atoms with van der Waals surface area (Å²) < 4.78 is 17.2. The minimum atomic E-state index is -1.18. The van der Waals surface area contributed by atoms with Crippen LogP contribution in [0.1, 0.15) is 6.92 Å². The standard InChI is InChI=1S/C10H10ClFN2O2/c1-2-16-10(15)9(11)14-13-8-5-3-7(12)4-6-8/h3-6,9H,2H2,1H3. The number of nitrogens with zero attached hydrogens (tertiary/aromatic N) is 2. The van der Waals surface area contributed by atoms with Gasteiger partial charge in [0.2, 0.25) is 5.50 Å². The molecule has 0 aliphatic rings. The van der Waals surface area contributed by atoms with Crippen LogP contribution in [0.2, 0.25) is 0 Å². The van der Waals surface area contributed by atoms with Crippen molar-refractivity contribution in [2.75, 3.05) is 6.61 Å². The van der Waals surface area contributed by atoms with Crippen molar-refractivity contribution in [1.82, 2.24) is 0 Å². The van der Waals surface area contributed by atoms with Crippen molar-refractivity contribution >= 4 is 23.3 Å². The van der Waals surface area contributed by atoms with Crippen LogP contribution in [0.5, 0.6) is 0 Å². The number of rotatable bonds is 4. The van der Waals surface area contributed by atoms with Crippen LogP contribution < -0.4 is 0 Å². The number of carbonyl (C=O) groups is 1. The maximum absolute atomic E-state index is 12.5. The quantitative estimate of drug-likeness (QED) is 0.354. The van der Waals surface area contributed by atoms with Crippen molar-refractivity contribution in [1.29, 1.82) is 0 Å². The molecule has 0 aliphatic carbocycles.